The van der Waals surface area contributed by atoms with Crippen molar-refractivity contribution in [1.29, 1.82) is 0 Å². The van der Waals surface area contributed by atoms with Crippen LogP contribution in [0.15, 0.2) is 24.3 Å². The Bertz CT molecular complexity index is 486. The van der Waals surface area contributed by atoms with Crippen molar-refractivity contribution in [3.05, 3.63) is 35.4 Å². The number of methoxy groups -OCH3 is 1. The highest BCUT2D eigenvalue weighted by Gasteiger charge is 2.33. The van der Waals surface area contributed by atoms with Crippen molar-refractivity contribution in [2.24, 2.45) is 5.92 Å². The van der Waals surface area contributed by atoms with E-state index in [1.807, 2.05) is 19.1 Å². The van der Waals surface area contributed by atoms with Crippen LogP contribution in [0.4, 0.5) is 0 Å². The molecule has 1 aromatic rings. The molecule has 0 N–H and O–H groups in total. The van der Waals surface area contributed by atoms with E-state index in [0.717, 1.165) is 18.4 Å². The van der Waals surface area contributed by atoms with Crippen molar-refractivity contribution < 1.29 is 19.1 Å². The first-order valence-electron chi connectivity index (χ1n) is 7.52. The number of carbonyl (C=O) groups excluding carboxylic acids is 2. The number of ether oxygens (including phenoxy) is 2. The second kappa shape index (κ2) is 7.25. The minimum absolute atomic E-state index is 0.157. The topological polar surface area (TPSA) is 52.6 Å². The lowest BCUT2D eigenvalue weighted by molar-refractivity contribution is -0.146. The van der Waals surface area contributed by atoms with Gasteiger partial charge in [-0.1, -0.05) is 25.0 Å². The van der Waals surface area contributed by atoms with E-state index in [0.29, 0.717) is 18.1 Å². The molecule has 1 aliphatic rings. The van der Waals surface area contributed by atoms with Crippen LogP contribution in [-0.4, -0.2) is 25.7 Å². The van der Waals surface area contributed by atoms with Gasteiger partial charge in [0, 0.05) is 0 Å². The normalized spacial score (nSPS) is 16.5. The predicted octanol–water partition coefficient (Wildman–Crippen LogP) is 3.31. The van der Waals surface area contributed by atoms with Crippen LogP contribution in [0.2, 0.25) is 0 Å². The van der Waals surface area contributed by atoms with Gasteiger partial charge >= 0.3 is 11.9 Å². The molecule has 0 saturated heterocycles. The summed E-state index contributed by atoms with van der Waals surface area (Å²) in [6, 6.07) is 7.10. The van der Waals surface area contributed by atoms with Gasteiger partial charge in [0.2, 0.25) is 0 Å². The van der Waals surface area contributed by atoms with Gasteiger partial charge in [0.1, 0.15) is 0 Å². The maximum Gasteiger partial charge on any atom is 0.337 e. The third-order valence-electron chi connectivity index (χ3n) is 4.10. The lowest BCUT2D eigenvalue weighted by Crippen LogP contribution is -2.22. The highest BCUT2D eigenvalue weighted by Crippen LogP contribution is 2.38. The Balaban J connectivity index is 2.23. The van der Waals surface area contributed by atoms with Gasteiger partial charge in [-0.15, -0.1) is 0 Å². The zero-order valence-corrected chi connectivity index (χ0v) is 12.6. The number of rotatable bonds is 5. The first-order chi connectivity index (χ1) is 10.2. The van der Waals surface area contributed by atoms with E-state index in [1.165, 1.54) is 20.0 Å². The van der Waals surface area contributed by atoms with Crippen molar-refractivity contribution in [1.82, 2.24) is 0 Å². The molecule has 0 heterocycles. The molecule has 4 heteroatoms. The molecule has 1 aromatic carbocycles. The summed E-state index contributed by atoms with van der Waals surface area (Å²) in [5.74, 6) is -0.405. The molecule has 1 saturated carbocycles. The molecule has 2 rings (SSSR count). The van der Waals surface area contributed by atoms with E-state index in [-0.39, 0.29) is 17.9 Å². The molecule has 4 nitrogen and oxygen atoms in total. The molecule has 0 aromatic heterocycles. The number of esters is 2. The Hall–Kier alpha value is -1.84. The maximum absolute atomic E-state index is 12.3. The molecule has 1 atom stereocenters. The Morgan fingerprint density at radius 1 is 1.19 bits per heavy atom. The molecule has 114 valence electrons. The van der Waals surface area contributed by atoms with Gasteiger partial charge in [-0.25, -0.2) is 4.79 Å². The zero-order valence-electron chi connectivity index (χ0n) is 12.6. The van der Waals surface area contributed by atoms with Crippen LogP contribution in [-0.2, 0) is 14.3 Å². The van der Waals surface area contributed by atoms with Crippen molar-refractivity contribution in [2.75, 3.05) is 13.7 Å². The van der Waals surface area contributed by atoms with Crippen LogP contribution >= 0.6 is 0 Å². The minimum Gasteiger partial charge on any atom is -0.466 e. The third kappa shape index (κ3) is 3.63. The zero-order chi connectivity index (χ0) is 15.2. The maximum atomic E-state index is 12.3. The first kappa shape index (κ1) is 15.5. The summed E-state index contributed by atoms with van der Waals surface area (Å²) in [5, 5.41) is 0. The summed E-state index contributed by atoms with van der Waals surface area (Å²) in [6.45, 7) is 2.21. The summed E-state index contributed by atoms with van der Waals surface area (Å²) in [7, 11) is 1.36. The fraction of sp³-hybridized carbons (Fsp3) is 0.529. The quantitative estimate of drug-likeness (QED) is 0.781. The third-order valence-corrected chi connectivity index (χ3v) is 4.10. The van der Waals surface area contributed by atoms with Gasteiger partial charge < -0.3 is 9.47 Å². The van der Waals surface area contributed by atoms with E-state index in [9.17, 15) is 9.59 Å². The van der Waals surface area contributed by atoms with Gasteiger partial charge in [-0.05, 0) is 43.4 Å². The Labute approximate surface area is 125 Å². The van der Waals surface area contributed by atoms with Crippen LogP contribution in [0, 0.1) is 5.92 Å². The number of carbonyl (C=O) groups is 2. The van der Waals surface area contributed by atoms with Gasteiger partial charge in [0.05, 0.1) is 25.2 Å². The van der Waals surface area contributed by atoms with Crippen molar-refractivity contribution in [3.63, 3.8) is 0 Å². The number of hydrogen-bond donors (Lipinski definition) is 0. The standard InChI is InChI=1S/C17H22O4/c1-3-21-17(19)15(12-6-4-5-7-12)13-8-10-14(11-9-13)16(18)20-2/h8-12,15H,3-7H2,1-2H3. The van der Waals surface area contributed by atoms with E-state index in [1.54, 1.807) is 12.1 Å². The molecule has 21 heavy (non-hydrogen) atoms. The Morgan fingerprint density at radius 2 is 1.81 bits per heavy atom. The van der Waals surface area contributed by atoms with Crippen LogP contribution < -0.4 is 0 Å². The summed E-state index contributed by atoms with van der Waals surface area (Å²) in [6.07, 6.45) is 4.45. The van der Waals surface area contributed by atoms with E-state index < -0.39 is 0 Å². The molecule has 0 amide bonds. The predicted molar refractivity (Wildman–Crippen MR) is 79.1 cm³/mol. The van der Waals surface area contributed by atoms with Crippen LogP contribution in [0.5, 0.6) is 0 Å². The largest absolute Gasteiger partial charge is 0.466 e. The smallest absolute Gasteiger partial charge is 0.337 e. The Kier molecular flexibility index (Phi) is 5.37. The van der Waals surface area contributed by atoms with Gasteiger partial charge in [-0.2, -0.15) is 0 Å². The van der Waals surface area contributed by atoms with Gasteiger partial charge in [0.25, 0.3) is 0 Å². The summed E-state index contributed by atoms with van der Waals surface area (Å²) >= 11 is 0. The van der Waals surface area contributed by atoms with Crippen LogP contribution in [0.3, 0.4) is 0 Å². The van der Waals surface area contributed by atoms with E-state index in [2.05, 4.69) is 0 Å². The molecule has 0 bridgehead atoms. The highest BCUT2D eigenvalue weighted by molar-refractivity contribution is 5.89. The van der Waals surface area contributed by atoms with Crippen molar-refractivity contribution in [3.8, 4) is 0 Å². The second-order valence-corrected chi connectivity index (χ2v) is 5.39. The van der Waals surface area contributed by atoms with Crippen molar-refractivity contribution >= 4 is 11.9 Å². The van der Waals surface area contributed by atoms with Gasteiger partial charge in [0.15, 0.2) is 0 Å². The average Bonchev–Trinajstić information content (AvgIpc) is 3.01. The molecule has 1 aliphatic carbocycles. The lowest BCUT2D eigenvalue weighted by atomic mass is 9.84. The second-order valence-electron chi connectivity index (χ2n) is 5.39. The Morgan fingerprint density at radius 3 is 2.33 bits per heavy atom. The molecule has 0 radical (unpaired) electrons. The fourth-order valence-electron chi connectivity index (χ4n) is 3.07. The van der Waals surface area contributed by atoms with E-state index in [4.69, 9.17) is 9.47 Å². The molecular formula is C17H22O4. The van der Waals surface area contributed by atoms with Crippen LogP contribution in [0.25, 0.3) is 0 Å². The van der Waals surface area contributed by atoms with Gasteiger partial charge in [-0.3, -0.25) is 4.79 Å². The van der Waals surface area contributed by atoms with Crippen molar-refractivity contribution in [2.45, 2.75) is 38.5 Å². The SMILES string of the molecule is CCOC(=O)C(c1ccc(C(=O)OC)cc1)C1CCCC1. The average molecular weight is 290 g/mol. The summed E-state index contributed by atoms with van der Waals surface area (Å²) in [4.78, 5) is 23.8. The minimum atomic E-state index is -0.366. The highest BCUT2D eigenvalue weighted by atomic mass is 16.5. The van der Waals surface area contributed by atoms with E-state index >= 15 is 0 Å². The van der Waals surface area contributed by atoms with Crippen LogP contribution in [0.1, 0.15) is 54.4 Å². The fourth-order valence-corrected chi connectivity index (χ4v) is 3.07. The molecular weight excluding hydrogens is 268 g/mol. The molecule has 0 aliphatic heterocycles. The summed E-state index contributed by atoms with van der Waals surface area (Å²) in [5.41, 5.74) is 1.42. The number of benzene rings is 1. The number of hydrogen-bond acceptors (Lipinski definition) is 4. The summed E-state index contributed by atoms with van der Waals surface area (Å²) < 4.78 is 9.93. The molecule has 1 unspecified atom stereocenters. The molecule has 1 fully saturated rings. The molecule has 0 spiro atoms. The monoisotopic (exact) mass is 290 g/mol. The first-order valence-corrected chi connectivity index (χ1v) is 7.52. The lowest BCUT2D eigenvalue weighted by Gasteiger charge is -2.22.